The van der Waals surface area contributed by atoms with Gasteiger partial charge in [-0.3, -0.25) is 4.79 Å². The average molecular weight is 520 g/mol. The number of halogens is 4. The monoisotopic (exact) mass is 520 g/mol. The Morgan fingerprint density at radius 1 is 1.26 bits per heavy atom. The number of hydrogen-bond acceptors (Lipinski definition) is 8. The maximum absolute atomic E-state index is 14.4. The van der Waals surface area contributed by atoms with Crippen molar-refractivity contribution in [3.8, 4) is 5.75 Å². The number of carbonyl (C=O) groups is 1. The predicted molar refractivity (Wildman–Crippen MR) is 112 cm³/mol. The molecule has 10 nitrogen and oxygen atoms in total. The highest BCUT2D eigenvalue weighted by Gasteiger charge is 2.55. The van der Waals surface area contributed by atoms with Gasteiger partial charge in [-0.15, -0.1) is 0 Å². The molecule has 3 heterocycles. The van der Waals surface area contributed by atoms with E-state index in [2.05, 4.69) is 10.3 Å². The molecular formula is C20H20F4N4O6S. The number of benzene rings is 1. The van der Waals surface area contributed by atoms with E-state index in [1.54, 1.807) is 0 Å². The fourth-order valence-corrected chi connectivity index (χ4v) is 4.40. The molecule has 0 bridgehead atoms. The highest BCUT2D eigenvalue weighted by atomic mass is 32.2. The number of rotatable bonds is 5. The van der Waals surface area contributed by atoms with Gasteiger partial charge in [-0.1, -0.05) is 0 Å². The zero-order valence-electron chi connectivity index (χ0n) is 18.1. The summed E-state index contributed by atoms with van der Waals surface area (Å²) < 4.78 is 94.2. The van der Waals surface area contributed by atoms with Crippen LogP contribution in [-0.2, 0) is 24.3 Å². The Morgan fingerprint density at radius 2 is 1.94 bits per heavy atom. The highest BCUT2D eigenvalue weighted by molar-refractivity contribution is 7.89. The number of sulfonamides is 1. The van der Waals surface area contributed by atoms with Crippen LogP contribution < -0.4 is 20.1 Å². The summed E-state index contributed by atoms with van der Waals surface area (Å²) in [5.74, 6) is -8.65. The third-order valence-corrected chi connectivity index (χ3v) is 6.33. The van der Waals surface area contributed by atoms with E-state index in [1.807, 2.05) is 0 Å². The predicted octanol–water partition coefficient (Wildman–Crippen LogP) is 1.61. The van der Waals surface area contributed by atoms with E-state index < -0.39 is 69.3 Å². The molecule has 1 aromatic heterocycles. The summed E-state index contributed by atoms with van der Waals surface area (Å²) in [4.78, 5) is 18.1. The number of nitrogens with zero attached hydrogens (tertiary/aromatic N) is 2. The number of carbonyl (C=O) groups excluding carboxylic acids is 1. The molecule has 1 aromatic carbocycles. The van der Waals surface area contributed by atoms with Crippen LogP contribution in [0.3, 0.4) is 0 Å². The van der Waals surface area contributed by atoms with Crippen LogP contribution in [0.1, 0.15) is 6.42 Å². The molecule has 2 fully saturated rings. The van der Waals surface area contributed by atoms with Gasteiger partial charge in [0, 0.05) is 24.4 Å². The number of pyridine rings is 1. The molecular weight excluding hydrogens is 500 g/mol. The van der Waals surface area contributed by atoms with Crippen molar-refractivity contribution >= 4 is 27.3 Å². The summed E-state index contributed by atoms with van der Waals surface area (Å²) in [5, 5.41) is 7.05. The van der Waals surface area contributed by atoms with E-state index >= 15 is 0 Å². The molecule has 15 heteroatoms. The summed E-state index contributed by atoms with van der Waals surface area (Å²) in [6.45, 7) is -2.22. The number of methoxy groups -OCH3 is 1. The third kappa shape index (κ3) is 5.03. The van der Waals surface area contributed by atoms with Gasteiger partial charge in [0.2, 0.25) is 11.7 Å². The fourth-order valence-electron chi connectivity index (χ4n) is 3.90. The van der Waals surface area contributed by atoms with Crippen molar-refractivity contribution in [2.75, 3.05) is 37.1 Å². The van der Waals surface area contributed by atoms with Crippen LogP contribution in [0.4, 0.5) is 28.9 Å². The molecule has 3 N–H and O–H groups in total. The Morgan fingerprint density at radius 3 is 2.57 bits per heavy atom. The molecule has 35 heavy (non-hydrogen) atoms. The van der Waals surface area contributed by atoms with Crippen molar-refractivity contribution in [3.05, 3.63) is 42.1 Å². The lowest BCUT2D eigenvalue weighted by molar-refractivity contribution is -0.319. The highest BCUT2D eigenvalue weighted by Crippen LogP contribution is 2.43. The Hall–Kier alpha value is -3.01. The second-order valence-electron chi connectivity index (χ2n) is 8.02. The summed E-state index contributed by atoms with van der Waals surface area (Å²) in [7, 11) is -3.06. The number of nitrogens with two attached hydrogens (primary N) is 1. The van der Waals surface area contributed by atoms with Crippen LogP contribution in [0.2, 0.25) is 0 Å². The second-order valence-corrected chi connectivity index (χ2v) is 9.53. The maximum Gasteiger partial charge on any atom is 0.293 e. The van der Waals surface area contributed by atoms with E-state index in [9.17, 15) is 30.8 Å². The molecule has 1 spiro atoms. The number of anilines is 2. The van der Waals surface area contributed by atoms with Gasteiger partial charge in [-0.05, 0) is 18.2 Å². The first-order valence-electron chi connectivity index (χ1n) is 10.1. The second kappa shape index (κ2) is 8.89. The van der Waals surface area contributed by atoms with E-state index in [0.717, 1.165) is 25.4 Å². The van der Waals surface area contributed by atoms with E-state index in [1.165, 1.54) is 17.0 Å². The van der Waals surface area contributed by atoms with Crippen LogP contribution in [-0.4, -0.2) is 63.9 Å². The summed E-state index contributed by atoms with van der Waals surface area (Å²) in [6.07, 6.45) is 0.848. The summed E-state index contributed by atoms with van der Waals surface area (Å²) in [6, 6.07) is 3.11. The molecule has 0 saturated carbocycles. The minimum Gasteiger partial charge on any atom is -0.491 e. The molecule has 1 amide bonds. The minimum absolute atomic E-state index is 0.0178. The molecule has 190 valence electrons. The van der Waals surface area contributed by atoms with Crippen molar-refractivity contribution in [2.24, 2.45) is 5.14 Å². The van der Waals surface area contributed by atoms with Gasteiger partial charge in [0.05, 0.1) is 19.3 Å². The van der Waals surface area contributed by atoms with Gasteiger partial charge in [0.15, 0.2) is 22.4 Å². The van der Waals surface area contributed by atoms with Crippen LogP contribution in [0.25, 0.3) is 0 Å². The number of alkyl halides is 2. The number of primary sulfonamides is 1. The van der Waals surface area contributed by atoms with Gasteiger partial charge in [0.1, 0.15) is 19.3 Å². The molecule has 2 aliphatic heterocycles. The van der Waals surface area contributed by atoms with Crippen molar-refractivity contribution < 1.29 is 45.0 Å². The van der Waals surface area contributed by atoms with Crippen molar-refractivity contribution in [3.63, 3.8) is 0 Å². The Kier molecular flexibility index (Phi) is 6.37. The van der Waals surface area contributed by atoms with E-state index in [0.29, 0.717) is 0 Å². The number of ether oxygens (including phenoxy) is 3. The third-order valence-electron chi connectivity index (χ3n) is 5.52. The minimum atomic E-state index is -4.16. The maximum atomic E-state index is 14.4. The van der Waals surface area contributed by atoms with Gasteiger partial charge in [-0.2, -0.15) is 4.39 Å². The number of aromatic nitrogens is 1. The molecule has 0 radical (unpaired) electrons. The topological polar surface area (TPSA) is 133 Å². The fraction of sp³-hybridized carbons (Fsp3) is 0.400. The Labute approximate surface area is 197 Å². The van der Waals surface area contributed by atoms with Gasteiger partial charge in [-0.25, -0.2) is 31.7 Å². The van der Waals surface area contributed by atoms with Crippen molar-refractivity contribution in [1.82, 2.24) is 4.98 Å². The van der Waals surface area contributed by atoms with Crippen LogP contribution in [0, 0.1) is 11.6 Å². The van der Waals surface area contributed by atoms with Crippen molar-refractivity contribution in [2.45, 2.75) is 29.2 Å². The number of nitrogens with one attached hydrogen (secondary N) is 1. The molecule has 2 aromatic rings. The lowest BCUT2D eigenvalue weighted by atomic mass is 10.1. The molecule has 1 unspecified atom stereocenters. The number of hydrogen-bond donors (Lipinski definition) is 2. The zero-order valence-corrected chi connectivity index (χ0v) is 19.0. The zero-order chi connectivity index (χ0) is 25.6. The normalized spacial score (nSPS) is 21.2. The smallest absolute Gasteiger partial charge is 0.293 e. The molecule has 1 atom stereocenters. The Balaban J connectivity index is 1.69. The standard InChI is InChI=1S/C20H20F4N4O6S/c1-32-17-13(3-2-12(21)16(17)22)28-8-20(33-9-19(23,24)10-34-20)7-14(28)18(29)27-11-4-5-26-15(6-11)35(25,30)31/h2-6,14H,7-10H2,1H3,(H2,25,30,31)(H,26,27,29). The molecule has 2 saturated heterocycles. The molecule has 2 aliphatic rings. The van der Waals surface area contributed by atoms with E-state index in [4.69, 9.17) is 19.3 Å². The van der Waals surface area contributed by atoms with Crippen LogP contribution in [0.5, 0.6) is 5.75 Å². The van der Waals surface area contributed by atoms with Crippen LogP contribution >= 0.6 is 0 Å². The quantitative estimate of drug-likeness (QED) is 0.569. The van der Waals surface area contributed by atoms with Gasteiger partial charge < -0.3 is 24.4 Å². The Bertz CT molecular complexity index is 1250. The van der Waals surface area contributed by atoms with Crippen LogP contribution in [0.15, 0.2) is 35.5 Å². The lowest BCUT2D eigenvalue weighted by Gasteiger charge is -2.37. The molecule has 0 aliphatic carbocycles. The first-order chi connectivity index (χ1) is 16.3. The molecule has 4 rings (SSSR count). The average Bonchev–Trinajstić information content (AvgIpc) is 3.17. The van der Waals surface area contributed by atoms with Crippen molar-refractivity contribution in [1.29, 1.82) is 0 Å². The SMILES string of the molecule is COc1c(N2CC3(CC2C(=O)Nc2ccnc(S(N)(=O)=O)c2)OCC(F)(F)CO3)ccc(F)c1F. The first kappa shape index (κ1) is 25.1. The summed E-state index contributed by atoms with van der Waals surface area (Å²) >= 11 is 0. The van der Waals surface area contributed by atoms with Gasteiger partial charge >= 0.3 is 0 Å². The van der Waals surface area contributed by atoms with E-state index in [-0.39, 0.29) is 24.3 Å². The summed E-state index contributed by atoms with van der Waals surface area (Å²) in [5.41, 5.74) is -0.0305. The largest absolute Gasteiger partial charge is 0.491 e. The number of amides is 1. The van der Waals surface area contributed by atoms with Gasteiger partial charge in [0.25, 0.3) is 15.9 Å². The lowest BCUT2D eigenvalue weighted by Crippen LogP contribution is -2.51. The first-order valence-corrected chi connectivity index (χ1v) is 11.6.